The highest BCUT2D eigenvalue weighted by Crippen LogP contribution is 2.67. The Hall–Kier alpha value is -3.96. The molecule has 4 heterocycles. The first-order valence-corrected chi connectivity index (χ1v) is 16.9. The van der Waals surface area contributed by atoms with Crippen molar-refractivity contribution in [2.75, 3.05) is 24.6 Å². The number of amides is 3. The molecule has 3 aliphatic rings. The van der Waals surface area contributed by atoms with Gasteiger partial charge in [0.15, 0.2) is 0 Å². The van der Waals surface area contributed by atoms with E-state index in [1.54, 1.807) is 43.3 Å². The maximum atomic E-state index is 14.9. The lowest BCUT2D eigenvalue weighted by Crippen LogP contribution is -2.57. The molecule has 0 aliphatic carbocycles. The fourth-order valence-corrected chi connectivity index (χ4v) is 10.0. The minimum absolute atomic E-state index is 0.0975. The van der Waals surface area contributed by atoms with Crippen molar-refractivity contribution >= 4 is 46.2 Å². The molecule has 3 saturated heterocycles. The molecule has 242 valence electrons. The van der Waals surface area contributed by atoms with Crippen LogP contribution in [-0.2, 0) is 21.1 Å². The van der Waals surface area contributed by atoms with Crippen molar-refractivity contribution in [1.82, 2.24) is 24.8 Å². The van der Waals surface area contributed by atoms with Crippen molar-refractivity contribution in [3.63, 3.8) is 0 Å². The summed E-state index contributed by atoms with van der Waals surface area (Å²) in [7, 11) is 0. The Balaban J connectivity index is 1.41. The molecule has 2 aromatic carbocycles. The number of nitrogens with zero attached hydrogens (tertiary/aromatic N) is 6. The minimum atomic E-state index is -0.854. The number of carbonyl (C=O) groups excluding carboxylic acids is 3. The van der Waals surface area contributed by atoms with E-state index in [0.29, 0.717) is 19.4 Å². The lowest BCUT2D eigenvalue weighted by molar-refractivity contribution is -0.146. The van der Waals surface area contributed by atoms with Crippen LogP contribution in [0.4, 0.5) is 5.69 Å². The molecule has 6 rings (SSSR count). The van der Waals surface area contributed by atoms with Crippen molar-refractivity contribution in [3.05, 3.63) is 79.9 Å². The first-order chi connectivity index (χ1) is 22.2. The predicted molar refractivity (Wildman–Crippen MR) is 180 cm³/mol. The molecule has 2 bridgehead atoms. The summed E-state index contributed by atoms with van der Waals surface area (Å²) in [5.74, 6) is -1.69. The van der Waals surface area contributed by atoms with Crippen LogP contribution < -0.4 is 4.90 Å². The maximum absolute atomic E-state index is 14.9. The molecule has 0 radical (unpaired) electrons. The quantitative estimate of drug-likeness (QED) is 0.279. The number of likely N-dealkylation sites (tertiary alicyclic amines) is 1. The summed E-state index contributed by atoms with van der Waals surface area (Å²) in [6.45, 7) is 12.3. The van der Waals surface area contributed by atoms with Gasteiger partial charge in [-0.15, -0.1) is 30.0 Å². The average molecular weight is 643 g/mol. The Labute approximate surface area is 274 Å². The van der Waals surface area contributed by atoms with E-state index < -0.39 is 28.7 Å². The molecule has 1 N–H and O–H groups in total. The van der Waals surface area contributed by atoms with Crippen LogP contribution in [0.25, 0.3) is 11.0 Å². The Morgan fingerprint density at radius 2 is 1.80 bits per heavy atom. The SMILES string of the molecule is C=CCN(Cn1nnc2ccccc21)C(=O)C1N([C@@H](CO)CC(C)C)C(=O)[C@@H]2[C@H](C(=O)N(CC=C)c3ccccc3)[C@@H]3CCC12S3. The van der Waals surface area contributed by atoms with E-state index in [9.17, 15) is 19.5 Å². The molecular weight excluding hydrogens is 600 g/mol. The van der Waals surface area contributed by atoms with E-state index in [4.69, 9.17) is 0 Å². The van der Waals surface area contributed by atoms with Crippen molar-refractivity contribution in [2.24, 2.45) is 17.8 Å². The van der Waals surface area contributed by atoms with Crippen LogP contribution >= 0.6 is 11.8 Å². The number of thioether (sulfide) groups is 1. The number of aliphatic hydroxyl groups is 1. The Kier molecular flexibility index (Phi) is 9.07. The zero-order chi connectivity index (χ0) is 32.6. The van der Waals surface area contributed by atoms with E-state index in [1.807, 2.05) is 68.4 Å². The minimum Gasteiger partial charge on any atom is -0.394 e. The Bertz CT molecular complexity index is 1630. The Morgan fingerprint density at radius 3 is 2.50 bits per heavy atom. The van der Waals surface area contributed by atoms with E-state index in [2.05, 4.69) is 23.5 Å². The number of benzene rings is 2. The molecule has 11 heteroatoms. The smallest absolute Gasteiger partial charge is 0.248 e. The molecule has 3 amide bonds. The fraction of sp³-hybridized carbons (Fsp3) is 0.457. The van der Waals surface area contributed by atoms with Gasteiger partial charge in [0, 0.05) is 24.0 Å². The zero-order valence-electron chi connectivity index (χ0n) is 26.4. The van der Waals surface area contributed by atoms with Crippen molar-refractivity contribution in [3.8, 4) is 0 Å². The van der Waals surface area contributed by atoms with Gasteiger partial charge in [-0.05, 0) is 49.4 Å². The number of carbonyl (C=O) groups is 3. The van der Waals surface area contributed by atoms with E-state index >= 15 is 0 Å². The number of fused-ring (bicyclic) bond motifs is 2. The summed E-state index contributed by atoms with van der Waals surface area (Å²) in [4.78, 5) is 49.2. The molecule has 6 atom stereocenters. The second-order valence-electron chi connectivity index (χ2n) is 12.9. The molecule has 2 unspecified atom stereocenters. The van der Waals surface area contributed by atoms with Gasteiger partial charge in [-0.2, -0.15) is 0 Å². The van der Waals surface area contributed by atoms with Crippen LogP contribution in [0.1, 0.15) is 33.1 Å². The number of rotatable bonds is 13. The van der Waals surface area contributed by atoms with Crippen LogP contribution in [0.15, 0.2) is 79.9 Å². The molecule has 46 heavy (non-hydrogen) atoms. The summed E-state index contributed by atoms with van der Waals surface area (Å²) in [6.07, 6.45) is 5.26. The van der Waals surface area contributed by atoms with Crippen LogP contribution in [0, 0.1) is 17.8 Å². The van der Waals surface area contributed by atoms with Gasteiger partial charge in [-0.1, -0.05) is 61.5 Å². The van der Waals surface area contributed by atoms with Gasteiger partial charge in [0.2, 0.25) is 17.7 Å². The number of hydrogen-bond acceptors (Lipinski definition) is 7. The number of hydrogen-bond donors (Lipinski definition) is 1. The maximum Gasteiger partial charge on any atom is 0.248 e. The van der Waals surface area contributed by atoms with Crippen molar-refractivity contribution in [1.29, 1.82) is 0 Å². The van der Waals surface area contributed by atoms with Crippen LogP contribution in [0.2, 0.25) is 0 Å². The summed E-state index contributed by atoms with van der Waals surface area (Å²) in [5.41, 5.74) is 2.25. The Morgan fingerprint density at radius 1 is 1.09 bits per heavy atom. The normalized spacial score (nSPS) is 25.6. The third-order valence-electron chi connectivity index (χ3n) is 9.64. The third kappa shape index (κ3) is 5.33. The zero-order valence-corrected chi connectivity index (χ0v) is 27.3. The number of aromatic nitrogens is 3. The lowest BCUT2D eigenvalue weighted by atomic mass is 9.70. The van der Waals surface area contributed by atoms with E-state index in [-0.39, 0.29) is 48.7 Å². The molecule has 0 saturated carbocycles. The monoisotopic (exact) mass is 642 g/mol. The highest BCUT2D eigenvalue weighted by Gasteiger charge is 2.74. The molecular formula is C35H42N6O4S. The first kappa shape index (κ1) is 32.0. The molecule has 3 fully saturated rings. The standard InChI is InChI=1S/C35H42N6O4S/c1-5-18-38(22-40-27-15-11-10-14-26(27)36-37-40)34(45)31-35-17-16-28(46-35)29(30(35)33(44)41(31)25(21-42)20-23(3)4)32(43)39(19-6-2)24-12-8-7-9-13-24/h5-15,23,25,28-31,42H,1-2,16-22H2,3-4H3/t25-,28+,29-,30+,31?,35?/m1/s1. The van der Waals surface area contributed by atoms with Gasteiger partial charge in [0.25, 0.3) is 0 Å². The third-order valence-corrected chi connectivity index (χ3v) is 11.6. The van der Waals surface area contributed by atoms with Crippen LogP contribution in [-0.4, -0.2) is 89.4 Å². The van der Waals surface area contributed by atoms with E-state index in [0.717, 1.165) is 23.1 Å². The summed E-state index contributed by atoms with van der Waals surface area (Å²) in [5, 5.41) is 19.2. The number of para-hydroxylation sites is 2. The van der Waals surface area contributed by atoms with Gasteiger partial charge in [0.05, 0.1) is 34.7 Å². The highest BCUT2D eigenvalue weighted by molar-refractivity contribution is 8.02. The average Bonchev–Trinajstić information content (AvgIpc) is 3.81. The predicted octanol–water partition coefficient (Wildman–Crippen LogP) is 4.12. The fourth-order valence-electron chi connectivity index (χ4n) is 7.83. The molecule has 3 aliphatic heterocycles. The molecule has 3 aromatic rings. The molecule has 1 aromatic heterocycles. The summed E-state index contributed by atoms with van der Waals surface area (Å²) >= 11 is 1.63. The van der Waals surface area contributed by atoms with Crippen LogP contribution in [0.5, 0.6) is 0 Å². The van der Waals surface area contributed by atoms with Crippen molar-refractivity contribution < 1.29 is 19.5 Å². The van der Waals surface area contributed by atoms with Gasteiger partial charge < -0.3 is 19.8 Å². The van der Waals surface area contributed by atoms with Crippen molar-refractivity contribution in [2.45, 2.75) is 61.9 Å². The van der Waals surface area contributed by atoms with E-state index in [1.165, 1.54) is 0 Å². The number of anilines is 1. The van der Waals surface area contributed by atoms with Gasteiger partial charge in [-0.25, -0.2) is 4.68 Å². The van der Waals surface area contributed by atoms with Gasteiger partial charge in [-0.3, -0.25) is 14.4 Å². The highest BCUT2D eigenvalue weighted by atomic mass is 32.2. The van der Waals surface area contributed by atoms with Crippen LogP contribution in [0.3, 0.4) is 0 Å². The summed E-state index contributed by atoms with van der Waals surface area (Å²) < 4.78 is 0.882. The van der Waals surface area contributed by atoms with Gasteiger partial charge >= 0.3 is 0 Å². The lowest BCUT2D eigenvalue weighted by Gasteiger charge is -2.40. The van der Waals surface area contributed by atoms with Gasteiger partial charge in [0.1, 0.15) is 18.2 Å². The largest absolute Gasteiger partial charge is 0.394 e. The summed E-state index contributed by atoms with van der Waals surface area (Å²) in [6, 6.07) is 15.6. The topological polar surface area (TPSA) is 112 Å². The first-order valence-electron chi connectivity index (χ1n) is 16.0. The second kappa shape index (κ2) is 13.0. The molecule has 1 spiro atoms. The second-order valence-corrected chi connectivity index (χ2v) is 14.5. The number of aliphatic hydroxyl groups excluding tert-OH is 1. The molecule has 10 nitrogen and oxygen atoms in total.